The fourth-order valence-electron chi connectivity index (χ4n) is 2.14. The van der Waals surface area contributed by atoms with E-state index in [1.807, 2.05) is 4.90 Å². The van der Waals surface area contributed by atoms with E-state index in [2.05, 4.69) is 20.8 Å². The molecule has 3 unspecified atom stereocenters. The van der Waals surface area contributed by atoms with Crippen molar-refractivity contribution in [1.29, 1.82) is 0 Å². The van der Waals surface area contributed by atoms with E-state index in [0.717, 1.165) is 25.8 Å². The minimum Gasteiger partial charge on any atom is -0.340 e. The van der Waals surface area contributed by atoms with Crippen LogP contribution in [0, 0.1) is 5.92 Å². The zero-order valence-corrected chi connectivity index (χ0v) is 10.2. The molecule has 1 heterocycles. The van der Waals surface area contributed by atoms with E-state index in [4.69, 9.17) is 5.73 Å². The number of carbonyl (C=O) groups excluding carboxylic acids is 1. The minimum atomic E-state index is 0.285. The number of rotatable bonds is 3. The standard InChI is InChI=1S/C12H24N2O/c1-4-9(2)7-12(15)14-6-5-11(13)8-10(14)3/h9-11H,4-8,13H2,1-3H3. The van der Waals surface area contributed by atoms with E-state index in [1.54, 1.807) is 0 Å². The molecule has 2 N–H and O–H groups in total. The molecule has 0 aliphatic carbocycles. The molecule has 3 nitrogen and oxygen atoms in total. The first-order valence-corrected chi connectivity index (χ1v) is 6.09. The van der Waals surface area contributed by atoms with Gasteiger partial charge in [0.25, 0.3) is 0 Å². The quantitative estimate of drug-likeness (QED) is 0.775. The molecule has 0 aromatic heterocycles. The third-order valence-electron chi connectivity index (χ3n) is 3.46. The van der Waals surface area contributed by atoms with Gasteiger partial charge < -0.3 is 10.6 Å². The van der Waals surface area contributed by atoms with Crippen molar-refractivity contribution >= 4 is 5.91 Å². The SMILES string of the molecule is CCC(C)CC(=O)N1CCC(N)CC1C. The van der Waals surface area contributed by atoms with Gasteiger partial charge in [0.15, 0.2) is 0 Å². The van der Waals surface area contributed by atoms with Gasteiger partial charge in [-0.15, -0.1) is 0 Å². The summed E-state index contributed by atoms with van der Waals surface area (Å²) < 4.78 is 0. The average Bonchev–Trinajstić information content (AvgIpc) is 2.17. The number of carbonyl (C=O) groups is 1. The molecule has 3 heteroatoms. The summed E-state index contributed by atoms with van der Waals surface area (Å²) in [6, 6.07) is 0.609. The Morgan fingerprint density at radius 1 is 1.60 bits per heavy atom. The summed E-state index contributed by atoms with van der Waals surface area (Å²) in [7, 11) is 0. The van der Waals surface area contributed by atoms with Crippen LogP contribution in [0.25, 0.3) is 0 Å². The summed E-state index contributed by atoms with van der Waals surface area (Å²) in [5.41, 5.74) is 5.88. The number of likely N-dealkylation sites (tertiary alicyclic amines) is 1. The fourth-order valence-corrected chi connectivity index (χ4v) is 2.14. The summed E-state index contributed by atoms with van der Waals surface area (Å²) in [6.07, 6.45) is 3.67. The average molecular weight is 212 g/mol. The Bertz CT molecular complexity index is 218. The van der Waals surface area contributed by atoms with Gasteiger partial charge in [0.05, 0.1) is 0 Å². The van der Waals surface area contributed by atoms with Crippen LogP contribution < -0.4 is 5.73 Å². The van der Waals surface area contributed by atoms with Gasteiger partial charge in [0.2, 0.25) is 5.91 Å². The molecule has 1 aliphatic rings. The molecule has 1 amide bonds. The van der Waals surface area contributed by atoms with Gasteiger partial charge in [-0.05, 0) is 25.7 Å². The highest BCUT2D eigenvalue weighted by atomic mass is 16.2. The second-order valence-corrected chi connectivity index (χ2v) is 4.94. The van der Waals surface area contributed by atoms with Crippen LogP contribution in [0.4, 0.5) is 0 Å². The molecular weight excluding hydrogens is 188 g/mol. The van der Waals surface area contributed by atoms with Gasteiger partial charge in [-0.25, -0.2) is 0 Å². The lowest BCUT2D eigenvalue weighted by Gasteiger charge is -2.37. The first-order chi connectivity index (χ1) is 7.04. The summed E-state index contributed by atoms with van der Waals surface area (Å²) in [6.45, 7) is 7.22. The Labute approximate surface area is 93.0 Å². The lowest BCUT2D eigenvalue weighted by Crippen LogP contribution is -2.48. The molecular formula is C12H24N2O. The molecule has 0 bridgehead atoms. The van der Waals surface area contributed by atoms with Crippen molar-refractivity contribution < 1.29 is 4.79 Å². The lowest BCUT2D eigenvalue weighted by atomic mass is 9.97. The van der Waals surface area contributed by atoms with Gasteiger partial charge in [-0.3, -0.25) is 4.79 Å². The van der Waals surface area contributed by atoms with Gasteiger partial charge >= 0.3 is 0 Å². The molecule has 1 saturated heterocycles. The first-order valence-electron chi connectivity index (χ1n) is 6.09. The highest BCUT2D eigenvalue weighted by Gasteiger charge is 2.27. The number of hydrogen-bond acceptors (Lipinski definition) is 2. The topological polar surface area (TPSA) is 46.3 Å². The Hall–Kier alpha value is -0.570. The van der Waals surface area contributed by atoms with E-state index >= 15 is 0 Å². The van der Waals surface area contributed by atoms with Crippen LogP contribution in [0.15, 0.2) is 0 Å². The normalized spacial score (nSPS) is 28.9. The van der Waals surface area contributed by atoms with Crippen molar-refractivity contribution in [3.8, 4) is 0 Å². The number of amides is 1. The Balaban J connectivity index is 2.45. The van der Waals surface area contributed by atoms with E-state index in [0.29, 0.717) is 24.3 Å². The molecule has 15 heavy (non-hydrogen) atoms. The summed E-state index contributed by atoms with van der Waals surface area (Å²) in [4.78, 5) is 14.0. The molecule has 1 fully saturated rings. The van der Waals surface area contributed by atoms with Crippen LogP contribution in [0.1, 0.15) is 46.5 Å². The first kappa shape index (κ1) is 12.5. The van der Waals surface area contributed by atoms with Crippen molar-refractivity contribution in [3.05, 3.63) is 0 Å². The Morgan fingerprint density at radius 3 is 2.80 bits per heavy atom. The van der Waals surface area contributed by atoms with Crippen LogP contribution in [-0.4, -0.2) is 29.4 Å². The zero-order chi connectivity index (χ0) is 11.4. The maximum absolute atomic E-state index is 12.0. The predicted octanol–water partition coefficient (Wildman–Crippen LogP) is 1.76. The highest BCUT2D eigenvalue weighted by molar-refractivity contribution is 5.76. The predicted molar refractivity (Wildman–Crippen MR) is 62.5 cm³/mol. The zero-order valence-electron chi connectivity index (χ0n) is 10.2. The molecule has 0 aromatic rings. The van der Waals surface area contributed by atoms with Crippen LogP contribution in [0.2, 0.25) is 0 Å². The second-order valence-electron chi connectivity index (χ2n) is 4.94. The lowest BCUT2D eigenvalue weighted by molar-refractivity contribution is -0.135. The van der Waals surface area contributed by atoms with E-state index < -0.39 is 0 Å². The van der Waals surface area contributed by atoms with Crippen LogP contribution >= 0.6 is 0 Å². The molecule has 0 spiro atoms. The Morgan fingerprint density at radius 2 is 2.27 bits per heavy atom. The third kappa shape index (κ3) is 3.49. The molecule has 1 aliphatic heterocycles. The second kappa shape index (κ2) is 5.50. The largest absolute Gasteiger partial charge is 0.340 e. The van der Waals surface area contributed by atoms with Gasteiger partial charge in [0, 0.05) is 25.0 Å². The molecule has 0 radical (unpaired) electrons. The Kier molecular flexibility index (Phi) is 4.58. The molecule has 0 aromatic carbocycles. The molecule has 1 rings (SSSR count). The number of hydrogen-bond donors (Lipinski definition) is 1. The van der Waals surface area contributed by atoms with Crippen molar-refractivity contribution in [1.82, 2.24) is 4.90 Å². The highest BCUT2D eigenvalue weighted by Crippen LogP contribution is 2.19. The van der Waals surface area contributed by atoms with Gasteiger partial charge in [-0.1, -0.05) is 20.3 Å². The van der Waals surface area contributed by atoms with Crippen molar-refractivity contribution in [3.63, 3.8) is 0 Å². The van der Waals surface area contributed by atoms with Crippen LogP contribution in [0.3, 0.4) is 0 Å². The van der Waals surface area contributed by atoms with E-state index in [-0.39, 0.29) is 6.04 Å². The van der Waals surface area contributed by atoms with Crippen LogP contribution in [0.5, 0.6) is 0 Å². The molecule has 88 valence electrons. The number of nitrogens with two attached hydrogens (primary N) is 1. The number of piperidine rings is 1. The van der Waals surface area contributed by atoms with Crippen molar-refractivity contribution in [2.24, 2.45) is 11.7 Å². The monoisotopic (exact) mass is 212 g/mol. The number of nitrogens with zero attached hydrogens (tertiary/aromatic N) is 1. The third-order valence-corrected chi connectivity index (χ3v) is 3.46. The minimum absolute atomic E-state index is 0.285. The molecule has 0 saturated carbocycles. The van der Waals surface area contributed by atoms with Gasteiger partial charge in [0.1, 0.15) is 0 Å². The van der Waals surface area contributed by atoms with Gasteiger partial charge in [-0.2, -0.15) is 0 Å². The van der Waals surface area contributed by atoms with E-state index in [9.17, 15) is 4.79 Å². The summed E-state index contributed by atoms with van der Waals surface area (Å²) >= 11 is 0. The smallest absolute Gasteiger partial charge is 0.223 e. The molecule has 3 atom stereocenters. The van der Waals surface area contributed by atoms with Crippen LogP contribution in [-0.2, 0) is 4.79 Å². The van der Waals surface area contributed by atoms with Crippen molar-refractivity contribution in [2.45, 2.75) is 58.5 Å². The maximum atomic E-state index is 12.0. The van der Waals surface area contributed by atoms with E-state index in [1.165, 1.54) is 0 Å². The summed E-state index contributed by atoms with van der Waals surface area (Å²) in [5, 5.41) is 0. The fraction of sp³-hybridized carbons (Fsp3) is 0.917. The maximum Gasteiger partial charge on any atom is 0.223 e. The van der Waals surface area contributed by atoms with Crippen molar-refractivity contribution in [2.75, 3.05) is 6.54 Å². The summed E-state index contributed by atoms with van der Waals surface area (Å²) in [5.74, 6) is 0.809.